The molecule has 1 atom stereocenters. The van der Waals surface area contributed by atoms with Crippen LogP contribution < -0.4 is 0 Å². The maximum absolute atomic E-state index is 12.6. The molecule has 0 N–H and O–H groups in total. The number of amides is 1. The van der Waals surface area contributed by atoms with Crippen molar-refractivity contribution in [3.8, 4) is 6.07 Å². The van der Waals surface area contributed by atoms with Crippen LogP contribution in [0.2, 0.25) is 0 Å². The third-order valence-corrected chi connectivity index (χ3v) is 2.75. The van der Waals surface area contributed by atoms with E-state index in [1.54, 1.807) is 31.2 Å². The zero-order valence-corrected chi connectivity index (χ0v) is 10.8. The number of rotatable bonds is 4. The molecule has 1 amide bonds. The van der Waals surface area contributed by atoms with Crippen molar-refractivity contribution in [2.24, 2.45) is 0 Å². The summed E-state index contributed by atoms with van der Waals surface area (Å²) in [4.78, 5) is 11.9. The molecule has 0 radical (unpaired) electrons. The normalized spacial score (nSPS) is 12.3. The minimum atomic E-state index is -5.03. The standard InChI is InChI=1S/C14H13F3N2O/c1-3-8-19(13(20)14(15,16)17)12(9-18)11-7-5-4-6-10(11)2/h3-7,12H,1,8H2,2H3. The minimum absolute atomic E-state index is 0.356. The van der Waals surface area contributed by atoms with Gasteiger partial charge in [-0.15, -0.1) is 6.58 Å². The van der Waals surface area contributed by atoms with Crippen molar-refractivity contribution < 1.29 is 18.0 Å². The molecule has 1 aromatic rings. The Morgan fingerprint density at radius 3 is 2.55 bits per heavy atom. The Labute approximate surface area is 114 Å². The van der Waals surface area contributed by atoms with Gasteiger partial charge in [-0.2, -0.15) is 18.4 Å². The molecule has 0 saturated carbocycles. The Morgan fingerprint density at radius 1 is 1.50 bits per heavy atom. The molecular weight excluding hydrogens is 269 g/mol. The van der Waals surface area contributed by atoms with Crippen LogP contribution in [-0.4, -0.2) is 23.5 Å². The highest BCUT2D eigenvalue weighted by Crippen LogP contribution is 2.28. The smallest absolute Gasteiger partial charge is 0.311 e. The quantitative estimate of drug-likeness (QED) is 0.796. The van der Waals surface area contributed by atoms with Gasteiger partial charge in [0.15, 0.2) is 0 Å². The van der Waals surface area contributed by atoms with E-state index >= 15 is 0 Å². The van der Waals surface area contributed by atoms with Crippen LogP contribution in [0.5, 0.6) is 0 Å². The Kier molecular flexibility index (Phi) is 4.92. The van der Waals surface area contributed by atoms with E-state index in [1.165, 1.54) is 6.07 Å². The number of carbonyl (C=O) groups is 1. The lowest BCUT2D eigenvalue weighted by Crippen LogP contribution is -2.43. The second kappa shape index (κ2) is 6.24. The Bertz CT molecular complexity index is 546. The fourth-order valence-corrected chi connectivity index (χ4v) is 1.81. The topological polar surface area (TPSA) is 44.1 Å². The van der Waals surface area contributed by atoms with Crippen LogP contribution in [0.3, 0.4) is 0 Å². The summed E-state index contributed by atoms with van der Waals surface area (Å²) in [5.74, 6) is -2.05. The SMILES string of the molecule is C=CCN(C(=O)C(F)(F)F)C(C#N)c1ccccc1C. The summed E-state index contributed by atoms with van der Waals surface area (Å²) >= 11 is 0. The molecule has 0 aromatic heterocycles. The average molecular weight is 282 g/mol. The van der Waals surface area contributed by atoms with Crippen molar-refractivity contribution in [1.29, 1.82) is 5.26 Å². The number of hydrogen-bond acceptors (Lipinski definition) is 2. The van der Waals surface area contributed by atoms with Crippen LogP contribution in [0.4, 0.5) is 13.2 Å². The molecule has 0 bridgehead atoms. The lowest BCUT2D eigenvalue weighted by Gasteiger charge is -2.28. The van der Waals surface area contributed by atoms with E-state index in [4.69, 9.17) is 0 Å². The van der Waals surface area contributed by atoms with Crippen LogP contribution in [0.25, 0.3) is 0 Å². The number of nitrogens with zero attached hydrogens (tertiary/aromatic N) is 2. The first-order chi connectivity index (χ1) is 9.32. The van der Waals surface area contributed by atoms with E-state index in [2.05, 4.69) is 6.58 Å². The average Bonchev–Trinajstić information content (AvgIpc) is 2.38. The van der Waals surface area contributed by atoms with Crippen LogP contribution in [-0.2, 0) is 4.79 Å². The predicted molar refractivity (Wildman–Crippen MR) is 67.5 cm³/mol. The van der Waals surface area contributed by atoms with Gasteiger partial charge >= 0.3 is 12.1 Å². The largest absolute Gasteiger partial charge is 0.471 e. The number of hydrogen-bond donors (Lipinski definition) is 0. The first-order valence-electron chi connectivity index (χ1n) is 5.76. The van der Waals surface area contributed by atoms with Gasteiger partial charge in [0.05, 0.1) is 6.07 Å². The minimum Gasteiger partial charge on any atom is -0.311 e. The Balaban J connectivity index is 3.25. The first-order valence-corrected chi connectivity index (χ1v) is 5.76. The van der Waals surface area contributed by atoms with Gasteiger partial charge in [0, 0.05) is 6.54 Å². The predicted octanol–water partition coefficient (Wildman–Crippen LogP) is 3.14. The molecule has 3 nitrogen and oxygen atoms in total. The second-order valence-corrected chi connectivity index (χ2v) is 4.13. The van der Waals surface area contributed by atoms with Crippen LogP contribution >= 0.6 is 0 Å². The maximum Gasteiger partial charge on any atom is 0.471 e. The fraction of sp³-hybridized carbons (Fsp3) is 0.286. The van der Waals surface area contributed by atoms with Crippen molar-refractivity contribution in [1.82, 2.24) is 4.90 Å². The van der Waals surface area contributed by atoms with E-state index in [0.29, 0.717) is 16.0 Å². The lowest BCUT2D eigenvalue weighted by atomic mass is 10.0. The van der Waals surface area contributed by atoms with Gasteiger partial charge in [-0.1, -0.05) is 30.3 Å². The molecule has 0 aliphatic carbocycles. The van der Waals surface area contributed by atoms with Gasteiger partial charge in [0.1, 0.15) is 6.04 Å². The van der Waals surface area contributed by atoms with E-state index in [1.807, 2.05) is 0 Å². The van der Waals surface area contributed by atoms with Crippen LogP contribution in [0.15, 0.2) is 36.9 Å². The Morgan fingerprint density at radius 2 is 2.10 bits per heavy atom. The van der Waals surface area contributed by atoms with Crippen molar-refractivity contribution in [3.63, 3.8) is 0 Å². The van der Waals surface area contributed by atoms with Crippen molar-refractivity contribution in [2.75, 3.05) is 6.54 Å². The van der Waals surface area contributed by atoms with Gasteiger partial charge in [-0.3, -0.25) is 4.79 Å². The number of carbonyl (C=O) groups excluding carboxylic acids is 1. The fourth-order valence-electron chi connectivity index (χ4n) is 1.81. The van der Waals surface area contributed by atoms with Gasteiger partial charge in [-0.25, -0.2) is 0 Å². The van der Waals surface area contributed by atoms with Gasteiger partial charge in [0.25, 0.3) is 0 Å². The highest BCUT2D eigenvalue weighted by atomic mass is 19.4. The third kappa shape index (κ3) is 3.38. The van der Waals surface area contributed by atoms with E-state index < -0.39 is 18.1 Å². The van der Waals surface area contributed by atoms with Crippen molar-refractivity contribution >= 4 is 5.91 Å². The maximum atomic E-state index is 12.6. The molecule has 20 heavy (non-hydrogen) atoms. The molecule has 6 heteroatoms. The highest BCUT2D eigenvalue weighted by Gasteiger charge is 2.44. The van der Waals surface area contributed by atoms with Gasteiger partial charge in [-0.05, 0) is 18.1 Å². The van der Waals surface area contributed by atoms with Crippen molar-refractivity contribution in [3.05, 3.63) is 48.0 Å². The number of aryl methyl sites for hydroxylation is 1. The summed E-state index contributed by atoms with van der Waals surface area (Å²) in [5.41, 5.74) is 1.01. The summed E-state index contributed by atoms with van der Waals surface area (Å²) in [7, 11) is 0. The zero-order valence-electron chi connectivity index (χ0n) is 10.8. The molecule has 0 spiro atoms. The van der Waals surface area contributed by atoms with E-state index in [-0.39, 0.29) is 6.54 Å². The monoisotopic (exact) mass is 282 g/mol. The van der Waals surface area contributed by atoms with Gasteiger partial charge < -0.3 is 4.90 Å². The molecule has 1 unspecified atom stereocenters. The number of alkyl halides is 3. The zero-order chi connectivity index (χ0) is 15.3. The molecule has 0 saturated heterocycles. The summed E-state index contributed by atoms with van der Waals surface area (Å²) in [6.45, 7) is 4.64. The molecule has 0 aliphatic heterocycles. The third-order valence-electron chi connectivity index (χ3n) is 2.75. The number of halogens is 3. The molecule has 106 valence electrons. The molecule has 0 heterocycles. The number of nitriles is 1. The summed E-state index contributed by atoms with van der Waals surface area (Å²) < 4.78 is 37.8. The molecule has 0 aliphatic rings. The summed E-state index contributed by atoms with van der Waals surface area (Å²) in [6, 6.07) is 6.97. The lowest BCUT2D eigenvalue weighted by molar-refractivity contribution is -0.186. The van der Waals surface area contributed by atoms with E-state index in [9.17, 15) is 23.2 Å². The first kappa shape index (κ1) is 15.8. The second-order valence-electron chi connectivity index (χ2n) is 4.13. The Hall–Kier alpha value is -2.29. The molecule has 0 fully saturated rings. The van der Waals surface area contributed by atoms with Gasteiger partial charge in [0.2, 0.25) is 0 Å². The van der Waals surface area contributed by atoms with E-state index in [0.717, 1.165) is 6.08 Å². The summed E-state index contributed by atoms with van der Waals surface area (Å²) in [6.07, 6.45) is -3.87. The van der Waals surface area contributed by atoms with Crippen molar-refractivity contribution in [2.45, 2.75) is 19.1 Å². The van der Waals surface area contributed by atoms with Crippen LogP contribution in [0, 0.1) is 18.3 Å². The number of benzene rings is 1. The summed E-state index contributed by atoms with van der Waals surface area (Å²) in [5, 5.41) is 9.17. The van der Waals surface area contributed by atoms with Crippen LogP contribution in [0.1, 0.15) is 17.2 Å². The highest BCUT2D eigenvalue weighted by molar-refractivity contribution is 5.82. The molecular formula is C14H13F3N2O. The molecule has 1 aromatic carbocycles. The molecule has 1 rings (SSSR count).